The van der Waals surface area contributed by atoms with Gasteiger partial charge in [0, 0.05) is 5.56 Å². The van der Waals surface area contributed by atoms with Crippen molar-refractivity contribution in [2.24, 2.45) is 0 Å². The van der Waals surface area contributed by atoms with Crippen molar-refractivity contribution in [3.63, 3.8) is 0 Å². The lowest BCUT2D eigenvalue weighted by molar-refractivity contribution is -0.348. The quantitative estimate of drug-likeness (QED) is 0.520. The number of ether oxygens (including phenoxy) is 1. The second-order valence-corrected chi connectivity index (χ2v) is 4.67. The van der Waals surface area contributed by atoms with Gasteiger partial charge >= 0.3 is 18.0 Å². The van der Waals surface area contributed by atoms with Crippen molar-refractivity contribution in [2.45, 2.75) is 18.0 Å². The van der Waals surface area contributed by atoms with Crippen LogP contribution in [0.4, 0.5) is 30.7 Å². The van der Waals surface area contributed by atoms with Crippen molar-refractivity contribution in [1.29, 1.82) is 0 Å². The summed E-state index contributed by atoms with van der Waals surface area (Å²) < 4.78 is 93.4. The first-order valence-electron chi connectivity index (χ1n) is 4.61. The third-order valence-corrected chi connectivity index (χ3v) is 3.22. The monoisotopic (exact) mass is 402 g/mol. The van der Waals surface area contributed by atoms with Gasteiger partial charge in [-0.3, -0.25) is 0 Å². The summed E-state index contributed by atoms with van der Waals surface area (Å²) in [6, 6.07) is 1.74. The van der Waals surface area contributed by atoms with Crippen LogP contribution in [0.2, 0.25) is 0 Å². The van der Waals surface area contributed by atoms with Gasteiger partial charge in [-0.05, 0) is 34.7 Å². The van der Waals surface area contributed by atoms with Crippen molar-refractivity contribution in [1.82, 2.24) is 0 Å². The van der Waals surface area contributed by atoms with Crippen molar-refractivity contribution in [3.8, 4) is 5.75 Å². The number of hydrogen-bond acceptors (Lipinski definition) is 1. The lowest BCUT2D eigenvalue weighted by Gasteiger charge is -2.30. The fraction of sp³-hybridized carbons (Fsp3) is 0.400. The van der Waals surface area contributed by atoms with Gasteiger partial charge in [0.05, 0.1) is 10.7 Å². The summed E-state index contributed by atoms with van der Waals surface area (Å²) >= 11 is 1.64. The average Bonchev–Trinajstić information content (AvgIpc) is 2.25. The largest absolute Gasteiger partial charge is 0.496 e. The summed E-state index contributed by atoms with van der Waals surface area (Å²) in [5.41, 5.74) is -7.00. The fourth-order valence-electron chi connectivity index (χ4n) is 1.36. The van der Waals surface area contributed by atoms with Crippen molar-refractivity contribution in [3.05, 3.63) is 27.3 Å². The van der Waals surface area contributed by atoms with Gasteiger partial charge in [-0.25, -0.2) is 4.39 Å². The summed E-state index contributed by atoms with van der Waals surface area (Å²) in [6.07, 6.45) is -12.2. The molecule has 0 unspecified atom stereocenters. The first kappa shape index (κ1) is 16.3. The Balaban J connectivity index is 3.52. The van der Waals surface area contributed by atoms with Crippen LogP contribution >= 0.6 is 22.6 Å². The van der Waals surface area contributed by atoms with Crippen LogP contribution in [0.25, 0.3) is 0 Å². The standard InChI is InChI=1S/C10H6F7IO/c1-19-7-4-5(2-3-6(7)18)8(11,9(12,13)14)10(15,16)17/h2-4H,1H3. The van der Waals surface area contributed by atoms with Gasteiger partial charge in [0.25, 0.3) is 0 Å². The molecule has 0 fully saturated rings. The molecule has 0 aromatic heterocycles. The third kappa shape index (κ3) is 2.75. The molecule has 0 aliphatic carbocycles. The summed E-state index contributed by atoms with van der Waals surface area (Å²) in [5, 5.41) is 0. The Labute approximate surface area is 116 Å². The molecular weight excluding hydrogens is 396 g/mol. The van der Waals surface area contributed by atoms with Crippen LogP contribution < -0.4 is 4.74 Å². The van der Waals surface area contributed by atoms with Crippen molar-refractivity contribution < 1.29 is 35.5 Å². The zero-order valence-corrected chi connectivity index (χ0v) is 11.3. The molecule has 0 heterocycles. The zero-order valence-electron chi connectivity index (χ0n) is 9.16. The van der Waals surface area contributed by atoms with E-state index in [9.17, 15) is 30.7 Å². The number of halogens is 8. The molecule has 0 amide bonds. The van der Waals surface area contributed by atoms with E-state index in [0.29, 0.717) is 12.1 Å². The molecule has 1 aromatic rings. The predicted octanol–water partition coefficient (Wildman–Crippen LogP) is 4.59. The molecule has 1 nitrogen and oxygen atoms in total. The maximum absolute atomic E-state index is 13.7. The SMILES string of the molecule is COc1cc(C(F)(C(F)(F)F)C(F)(F)F)ccc1I. The number of rotatable bonds is 2. The van der Waals surface area contributed by atoms with Gasteiger partial charge in [-0.15, -0.1) is 0 Å². The summed E-state index contributed by atoms with van der Waals surface area (Å²) in [7, 11) is 1.06. The first-order chi connectivity index (χ1) is 8.45. The molecule has 0 radical (unpaired) electrons. The molecule has 0 atom stereocenters. The van der Waals surface area contributed by atoms with Crippen molar-refractivity contribution in [2.75, 3.05) is 7.11 Å². The van der Waals surface area contributed by atoms with Crippen LogP contribution in [0.15, 0.2) is 18.2 Å². The summed E-state index contributed by atoms with van der Waals surface area (Å²) in [5.74, 6) is -0.270. The van der Waals surface area contributed by atoms with Gasteiger partial charge in [0.15, 0.2) is 0 Å². The highest BCUT2D eigenvalue weighted by atomic mass is 127. The maximum atomic E-state index is 13.7. The van der Waals surface area contributed by atoms with Gasteiger partial charge in [0.2, 0.25) is 0 Å². The van der Waals surface area contributed by atoms with E-state index in [1.165, 1.54) is 0 Å². The third-order valence-electron chi connectivity index (χ3n) is 2.33. The van der Waals surface area contributed by atoms with E-state index in [2.05, 4.69) is 4.74 Å². The topological polar surface area (TPSA) is 9.23 Å². The molecule has 1 aromatic carbocycles. The highest BCUT2D eigenvalue weighted by molar-refractivity contribution is 14.1. The Bertz CT molecular complexity index is 452. The van der Waals surface area contributed by atoms with E-state index in [1.807, 2.05) is 0 Å². The highest BCUT2D eigenvalue weighted by Crippen LogP contribution is 2.53. The Hall–Kier alpha value is -0.740. The maximum Gasteiger partial charge on any atom is 0.435 e. The van der Waals surface area contributed by atoms with E-state index >= 15 is 0 Å². The number of methoxy groups -OCH3 is 1. The molecule has 0 aliphatic rings. The summed E-state index contributed by atoms with van der Waals surface area (Å²) in [4.78, 5) is 0. The second kappa shape index (κ2) is 4.98. The lowest BCUT2D eigenvalue weighted by atomic mass is 9.94. The zero-order chi connectivity index (χ0) is 15.1. The fourth-order valence-corrected chi connectivity index (χ4v) is 1.92. The number of hydrogen-bond donors (Lipinski definition) is 0. The summed E-state index contributed by atoms with van der Waals surface area (Å²) in [6.45, 7) is 0. The Morgan fingerprint density at radius 1 is 0.947 bits per heavy atom. The minimum atomic E-state index is -6.12. The molecule has 0 spiro atoms. The Morgan fingerprint density at radius 3 is 1.79 bits per heavy atom. The van der Waals surface area contributed by atoms with E-state index < -0.39 is 23.6 Å². The van der Waals surface area contributed by atoms with Crippen LogP contribution in [0.1, 0.15) is 5.56 Å². The average molecular weight is 402 g/mol. The minimum Gasteiger partial charge on any atom is -0.496 e. The van der Waals surface area contributed by atoms with Crippen LogP contribution in [-0.2, 0) is 5.67 Å². The molecule has 0 N–H and O–H groups in total. The van der Waals surface area contributed by atoms with Gasteiger partial charge < -0.3 is 4.74 Å². The molecule has 0 aliphatic heterocycles. The molecule has 0 saturated carbocycles. The normalized spacial score (nSPS) is 13.5. The smallest absolute Gasteiger partial charge is 0.435 e. The Kier molecular flexibility index (Phi) is 4.28. The highest BCUT2D eigenvalue weighted by Gasteiger charge is 2.73. The van der Waals surface area contributed by atoms with Crippen LogP contribution in [0, 0.1) is 3.57 Å². The van der Waals surface area contributed by atoms with E-state index in [1.54, 1.807) is 22.6 Å². The van der Waals surface area contributed by atoms with Crippen LogP contribution in [0.3, 0.4) is 0 Å². The van der Waals surface area contributed by atoms with Crippen molar-refractivity contribution >= 4 is 22.6 Å². The molecule has 0 saturated heterocycles. The molecular formula is C10H6F7IO. The minimum absolute atomic E-state index is 0.260. The molecule has 0 bridgehead atoms. The molecule has 9 heteroatoms. The lowest BCUT2D eigenvalue weighted by Crippen LogP contribution is -2.50. The van der Waals surface area contributed by atoms with Crippen LogP contribution in [0.5, 0.6) is 5.75 Å². The van der Waals surface area contributed by atoms with Gasteiger partial charge in [-0.1, -0.05) is 6.07 Å². The van der Waals surface area contributed by atoms with Gasteiger partial charge in [0.1, 0.15) is 5.75 Å². The van der Waals surface area contributed by atoms with Crippen LogP contribution in [-0.4, -0.2) is 19.5 Å². The first-order valence-corrected chi connectivity index (χ1v) is 5.69. The number of benzene rings is 1. The molecule has 1 rings (SSSR count). The van der Waals surface area contributed by atoms with E-state index in [-0.39, 0.29) is 9.32 Å². The van der Waals surface area contributed by atoms with E-state index in [4.69, 9.17) is 0 Å². The number of alkyl halides is 7. The second-order valence-electron chi connectivity index (χ2n) is 3.50. The predicted molar refractivity (Wildman–Crippen MR) is 60.6 cm³/mol. The van der Waals surface area contributed by atoms with Gasteiger partial charge in [-0.2, -0.15) is 26.3 Å². The molecule has 19 heavy (non-hydrogen) atoms. The van der Waals surface area contributed by atoms with E-state index in [0.717, 1.165) is 13.2 Å². The molecule has 108 valence electrons. The Morgan fingerprint density at radius 2 is 1.42 bits per heavy atom.